The summed E-state index contributed by atoms with van der Waals surface area (Å²) in [5.74, 6) is 0. The molecule has 2 heterocycles. The molecule has 0 amide bonds. The summed E-state index contributed by atoms with van der Waals surface area (Å²) in [4.78, 5) is 8.17. The van der Waals surface area contributed by atoms with E-state index in [4.69, 9.17) is 6.57 Å². The average Bonchev–Trinajstić information content (AvgIpc) is 2.98. The molecular formula is C14H18BN3O. The number of fused-ring (bicyclic) bond motifs is 2. The lowest BCUT2D eigenvalue weighted by atomic mass is 9.83. The lowest BCUT2D eigenvalue weighted by Gasteiger charge is -2.35. The van der Waals surface area contributed by atoms with Crippen molar-refractivity contribution in [2.45, 2.75) is 38.0 Å². The van der Waals surface area contributed by atoms with Gasteiger partial charge in [-0.05, 0) is 18.8 Å². The van der Waals surface area contributed by atoms with Gasteiger partial charge in [-0.15, -0.1) is 0 Å². The van der Waals surface area contributed by atoms with Crippen molar-refractivity contribution in [3.8, 4) is 0 Å². The van der Waals surface area contributed by atoms with Crippen LogP contribution in [0.5, 0.6) is 0 Å². The van der Waals surface area contributed by atoms with Crippen LogP contribution in [0.15, 0.2) is 30.3 Å². The van der Waals surface area contributed by atoms with Gasteiger partial charge in [-0.25, -0.2) is 11.5 Å². The predicted molar refractivity (Wildman–Crippen MR) is 75.1 cm³/mol. The first-order valence-electron chi connectivity index (χ1n) is 6.80. The zero-order valence-electron chi connectivity index (χ0n) is 11.1. The van der Waals surface area contributed by atoms with Crippen molar-refractivity contribution in [1.29, 1.82) is 0 Å². The lowest BCUT2D eigenvalue weighted by Crippen LogP contribution is -2.55. The molecule has 2 fully saturated rings. The standard InChI is InChI=1S/C14H18BN3O/c1-15(19)18-10-12-8-13(18)14(16-2)17(12)9-11-6-4-3-5-7-11/h3-7,12-14,19H,8-10H2,1H3/t12?,13?,14-/m0/s1. The molecule has 2 bridgehead atoms. The minimum Gasteiger partial charge on any atom is -0.437 e. The summed E-state index contributed by atoms with van der Waals surface area (Å²) in [5.41, 5.74) is 1.26. The highest BCUT2D eigenvalue weighted by molar-refractivity contribution is 6.45. The molecule has 98 valence electrons. The van der Waals surface area contributed by atoms with E-state index in [2.05, 4.69) is 26.7 Å². The minimum atomic E-state index is -0.446. The summed E-state index contributed by atoms with van der Waals surface area (Å²) in [6.07, 6.45) is 0.888. The number of nitrogens with zero attached hydrogens (tertiary/aromatic N) is 3. The van der Waals surface area contributed by atoms with Gasteiger partial charge in [0, 0.05) is 19.1 Å². The first-order chi connectivity index (χ1) is 9.20. The van der Waals surface area contributed by atoms with Crippen molar-refractivity contribution >= 4 is 7.05 Å². The van der Waals surface area contributed by atoms with Crippen molar-refractivity contribution in [2.75, 3.05) is 6.54 Å². The van der Waals surface area contributed by atoms with Crippen molar-refractivity contribution < 1.29 is 5.02 Å². The fourth-order valence-corrected chi connectivity index (χ4v) is 3.44. The van der Waals surface area contributed by atoms with E-state index in [0.717, 1.165) is 19.5 Å². The Hall–Kier alpha value is -1.35. The summed E-state index contributed by atoms with van der Waals surface area (Å²) in [6, 6.07) is 10.9. The van der Waals surface area contributed by atoms with Gasteiger partial charge < -0.3 is 9.83 Å². The average molecular weight is 255 g/mol. The highest BCUT2D eigenvalue weighted by Crippen LogP contribution is 2.37. The molecule has 0 spiro atoms. The maximum Gasteiger partial charge on any atom is 0.376 e. The molecule has 0 aromatic heterocycles. The van der Waals surface area contributed by atoms with E-state index in [1.807, 2.05) is 18.2 Å². The minimum absolute atomic E-state index is 0.117. The van der Waals surface area contributed by atoms with Crippen molar-refractivity contribution in [2.24, 2.45) is 0 Å². The van der Waals surface area contributed by atoms with Crippen LogP contribution >= 0.6 is 0 Å². The number of hydrogen-bond donors (Lipinski definition) is 1. The molecule has 2 aliphatic rings. The van der Waals surface area contributed by atoms with E-state index in [1.54, 1.807) is 6.82 Å². The van der Waals surface area contributed by atoms with Gasteiger partial charge in [0.15, 0.2) is 0 Å². The molecule has 2 saturated heterocycles. The second-order valence-corrected chi connectivity index (χ2v) is 5.49. The monoisotopic (exact) mass is 255 g/mol. The topological polar surface area (TPSA) is 31.1 Å². The molecule has 1 N–H and O–H groups in total. The Morgan fingerprint density at radius 3 is 2.79 bits per heavy atom. The number of piperazine rings is 1. The van der Waals surface area contributed by atoms with E-state index in [-0.39, 0.29) is 12.2 Å². The van der Waals surface area contributed by atoms with Gasteiger partial charge in [0.05, 0.1) is 6.04 Å². The van der Waals surface area contributed by atoms with Gasteiger partial charge in [-0.1, -0.05) is 30.3 Å². The van der Waals surface area contributed by atoms with E-state index in [0.29, 0.717) is 6.04 Å². The number of rotatable bonds is 3. The second kappa shape index (κ2) is 4.97. The van der Waals surface area contributed by atoms with Gasteiger partial charge in [-0.2, -0.15) is 0 Å². The normalized spacial score (nSPS) is 30.5. The summed E-state index contributed by atoms with van der Waals surface area (Å²) < 4.78 is 0. The molecule has 1 aromatic rings. The van der Waals surface area contributed by atoms with Crippen LogP contribution in [0.25, 0.3) is 4.85 Å². The van der Waals surface area contributed by atoms with Crippen LogP contribution in [0.3, 0.4) is 0 Å². The fourth-order valence-electron chi connectivity index (χ4n) is 3.44. The smallest absolute Gasteiger partial charge is 0.376 e. The fraction of sp³-hybridized carbons (Fsp3) is 0.500. The Morgan fingerprint density at radius 1 is 1.42 bits per heavy atom. The maximum atomic E-state index is 9.77. The van der Waals surface area contributed by atoms with Gasteiger partial charge in [0.2, 0.25) is 0 Å². The van der Waals surface area contributed by atoms with E-state index in [9.17, 15) is 5.02 Å². The third-order valence-electron chi connectivity index (χ3n) is 4.33. The summed E-state index contributed by atoms with van der Waals surface area (Å²) in [7, 11) is -0.446. The van der Waals surface area contributed by atoms with Crippen LogP contribution < -0.4 is 0 Å². The molecule has 0 radical (unpaired) electrons. The molecule has 2 unspecified atom stereocenters. The Labute approximate surface area is 114 Å². The van der Waals surface area contributed by atoms with E-state index in [1.165, 1.54) is 5.56 Å². The summed E-state index contributed by atoms with van der Waals surface area (Å²) >= 11 is 0. The second-order valence-electron chi connectivity index (χ2n) is 5.49. The maximum absolute atomic E-state index is 9.77. The lowest BCUT2D eigenvalue weighted by molar-refractivity contribution is 0.122. The molecular weight excluding hydrogens is 237 g/mol. The van der Waals surface area contributed by atoms with E-state index >= 15 is 0 Å². The largest absolute Gasteiger partial charge is 0.437 e. The number of likely N-dealkylation sites (tertiary alicyclic amines) is 1. The summed E-state index contributed by atoms with van der Waals surface area (Å²) in [5, 5.41) is 9.77. The highest BCUT2D eigenvalue weighted by atomic mass is 16.2. The first kappa shape index (κ1) is 12.7. The Balaban J connectivity index is 1.77. The number of benzene rings is 1. The zero-order valence-corrected chi connectivity index (χ0v) is 11.1. The van der Waals surface area contributed by atoms with Crippen LogP contribution in [0.1, 0.15) is 12.0 Å². The molecule has 4 nitrogen and oxygen atoms in total. The molecule has 19 heavy (non-hydrogen) atoms. The third kappa shape index (κ3) is 2.16. The van der Waals surface area contributed by atoms with Gasteiger partial charge >= 0.3 is 7.05 Å². The Morgan fingerprint density at radius 2 is 2.16 bits per heavy atom. The molecule has 1 aromatic carbocycles. The number of hydrogen-bond acceptors (Lipinski definition) is 3. The molecule has 3 atom stereocenters. The highest BCUT2D eigenvalue weighted by Gasteiger charge is 2.55. The van der Waals surface area contributed by atoms with Crippen molar-refractivity contribution in [3.63, 3.8) is 0 Å². The van der Waals surface area contributed by atoms with Crippen molar-refractivity contribution in [3.05, 3.63) is 47.3 Å². The van der Waals surface area contributed by atoms with Crippen LogP contribution in [0.4, 0.5) is 0 Å². The van der Waals surface area contributed by atoms with Gasteiger partial charge in [0.1, 0.15) is 0 Å². The van der Waals surface area contributed by atoms with Gasteiger partial charge in [0.25, 0.3) is 6.17 Å². The Kier molecular flexibility index (Phi) is 3.32. The van der Waals surface area contributed by atoms with E-state index < -0.39 is 7.05 Å². The first-order valence-corrected chi connectivity index (χ1v) is 6.80. The third-order valence-corrected chi connectivity index (χ3v) is 4.33. The van der Waals surface area contributed by atoms with Crippen molar-refractivity contribution in [1.82, 2.24) is 9.71 Å². The summed E-state index contributed by atoms with van der Waals surface area (Å²) in [6.45, 7) is 11.0. The molecule has 0 aliphatic carbocycles. The zero-order chi connectivity index (χ0) is 13.4. The van der Waals surface area contributed by atoms with Crippen LogP contribution in [0.2, 0.25) is 6.82 Å². The van der Waals surface area contributed by atoms with Gasteiger partial charge in [-0.3, -0.25) is 4.85 Å². The molecule has 5 heteroatoms. The predicted octanol–water partition coefficient (Wildman–Crippen LogP) is 1.30. The Bertz CT molecular complexity index is 487. The SMILES string of the molecule is [C-]#[N+][C@@H]1C2CC(CN2B(C)O)N1Cc1ccccc1. The molecule has 2 aliphatic heterocycles. The quantitative estimate of drug-likeness (QED) is 0.652. The molecule has 3 rings (SSSR count). The van der Waals surface area contributed by atoms with Crippen LogP contribution in [-0.4, -0.2) is 46.6 Å². The molecule has 0 saturated carbocycles. The van der Waals surface area contributed by atoms with Crippen LogP contribution in [-0.2, 0) is 6.54 Å². The van der Waals surface area contributed by atoms with Crippen LogP contribution in [0, 0.1) is 6.57 Å².